The van der Waals surface area contributed by atoms with E-state index in [1.54, 1.807) is 0 Å². The highest BCUT2D eigenvalue weighted by Gasteiger charge is 1.93. The number of ether oxygens (including phenoxy) is 1. The van der Waals surface area contributed by atoms with E-state index in [0.29, 0.717) is 6.54 Å². The topological polar surface area (TPSA) is 50.4 Å². The molecule has 0 saturated heterocycles. The lowest BCUT2D eigenvalue weighted by molar-refractivity contribution is 0.171. The van der Waals surface area contributed by atoms with Crippen LogP contribution < -0.4 is 10.6 Å². The molecular formula is C9H22N2O2. The fourth-order valence-electron chi connectivity index (χ4n) is 0.502. The molecule has 0 bridgehead atoms. The molecule has 0 rings (SSSR count). The summed E-state index contributed by atoms with van der Waals surface area (Å²) in [5.41, 5.74) is 0. The van der Waals surface area contributed by atoms with Crippen LogP contribution in [0.5, 0.6) is 0 Å². The first kappa shape index (κ1) is 14.7. The van der Waals surface area contributed by atoms with Gasteiger partial charge in [-0.05, 0) is 6.54 Å². The third kappa shape index (κ3) is 18.3. The smallest absolute Gasteiger partial charge is 0.406 e. The maximum absolute atomic E-state index is 10.4. The van der Waals surface area contributed by atoms with Gasteiger partial charge in [0.25, 0.3) is 0 Å². The van der Waals surface area contributed by atoms with E-state index in [9.17, 15) is 4.79 Å². The Morgan fingerprint density at radius 1 is 1.23 bits per heavy atom. The number of hydrogen-bond donors (Lipinski definition) is 2. The minimum absolute atomic E-state index is 0.377. The van der Waals surface area contributed by atoms with Crippen molar-refractivity contribution in [2.75, 3.05) is 26.7 Å². The highest BCUT2D eigenvalue weighted by Crippen LogP contribution is 1.68. The summed E-state index contributed by atoms with van der Waals surface area (Å²) in [6.45, 7) is 8.58. The van der Waals surface area contributed by atoms with Crippen molar-refractivity contribution in [3.05, 3.63) is 0 Å². The molecule has 0 aliphatic carbocycles. The van der Waals surface area contributed by atoms with Crippen molar-refractivity contribution in [2.45, 2.75) is 27.2 Å². The summed E-state index contributed by atoms with van der Waals surface area (Å²) in [6, 6.07) is 0. The number of carbonyl (C=O) groups is 1. The molecule has 0 aliphatic rings. The lowest BCUT2D eigenvalue weighted by Crippen LogP contribution is -2.31. The Labute approximate surface area is 81.0 Å². The Hall–Kier alpha value is -0.770. The van der Waals surface area contributed by atoms with E-state index < -0.39 is 0 Å². The fraction of sp³-hybridized carbons (Fsp3) is 0.889. The molecule has 0 aliphatic heterocycles. The summed E-state index contributed by atoms with van der Waals surface area (Å²) in [6.07, 6.45) is 0.873. The van der Waals surface area contributed by atoms with Gasteiger partial charge in [-0.2, -0.15) is 0 Å². The maximum atomic E-state index is 10.4. The number of alkyl carbamates (subject to hydrolysis) is 1. The van der Waals surface area contributed by atoms with Crippen molar-refractivity contribution in [3.63, 3.8) is 0 Å². The summed E-state index contributed by atoms with van der Waals surface area (Å²) in [4.78, 5) is 10.4. The summed E-state index contributed by atoms with van der Waals surface area (Å²) < 4.78 is 4.35. The second kappa shape index (κ2) is 13.8. The summed E-state index contributed by atoms with van der Waals surface area (Å²) in [7, 11) is 1.35. The molecule has 0 aromatic carbocycles. The minimum Gasteiger partial charge on any atom is -0.453 e. The molecule has 0 saturated carbocycles. The lowest BCUT2D eigenvalue weighted by Gasteiger charge is -2.02. The molecule has 4 heteroatoms. The third-order valence-corrected chi connectivity index (χ3v) is 1.01. The second-order valence-electron chi connectivity index (χ2n) is 2.48. The van der Waals surface area contributed by atoms with Gasteiger partial charge in [0.05, 0.1) is 7.11 Å². The summed E-state index contributed by atoms with van der Waals surface area (Å²) >= 11 is 0. The van der Waals surface area contributed by atoms with Crippen LogP contribution in [0.4, 0.5) is 4.79 Å². The highest BCUT2D eigenvalue weighted by atomic mass is 16.5. The van der Waals surface area contributed by atoms with Crippen molar-refractivity contribution < 1.29 is 9.53 Å². The average molecular weight is 190 g/mol. The van der Waals surface area contributed by atoms with Gasteiger partial charge in [-0.1, -0.05) is 27.2 Å². The number of likely N-dealkylation sites (N-methyl/N-ethyl adjacent to an activating group) is 1. The van der Waals surface area contributed by atoms with Gasteiger partial charge < -0.3 is 15.4 Å². The van der Waals surface area contributed by atoms with E-state index in [4.69, 9.17) is 0 Å². The van der Waals surface area contributed by atoms with E-state index in [1.165, 1.54) is 13.5 Å². The van der Waals surface area contributed by atoms with E-state index in [-0.39, 0.29) is 6.09 Å². The molecular weight excluding hydrogens is 168 g/mol. The van der Waals surface area contributed by atoms with Crippen molar-refractivity contribution in [1.29, 1.82) is 0 Å². The van der Waals surface area contributed by atoms with Crippen LogP contribution in [0.2, 0.25) is 0 Å². The minimum atomic E-state index is -0.377. The van der Waals surface area contributed by atoms with Gasteiger partial charge in [0.2, 0.25) is 0 Å². The molecule has 0 radical (unpaired) electrons. The molecule has 0 aromatic rings. The van der Waals surface area contributed by atoms with Crippen LogP contribution in [-0.4, -0.2) is 32.8 Å². The number of methoxy groups -OCH3 is 1. The average Bonchev–Trinajstić information content (AvgIpc) is 2.13. The molecule has 0 spiro atoms. The first-order valence-electron chi connectivity index (χ1n) is 4.75. The standard InChI is InChI=1S/C6H14N2O2.C3H8/c1-3-7-4-5-8-6(9)10-2;1-3-2/h7H,3-5H2,1-2H3,(H,8,9);3H2,1-2H3. The Kier molecular flexibility index (Phi) is 15.6. The van der Waals surface area contributed by atoms with E-state index >= 15 is 0 Å². The number of carbonyl (C=O) groups excluding carboxylic acids is 1. The van der Waals surface area contributed by atoms with E-state index in [0.717, 1.165) is 13.1 Å². The number of rotatable bonds is 4. The number of nitrogens with one attached hydrogen (secondary N) is 2. The first-order valence-corrected chi connectivity index (χ1v) is 4.75. The van der Waals surface area contributed by atoms with Crippen molar-refractivity contribution in [1.82, 2.24) is 10.6 Å². The SMILES string of the molecule is CCC.CCNCCNC(=O)OC. The molecule has 0 fully saturated rings. The molecule has 2 N–H and O–H groups in total. The van der Waals surface area contributed by atoms with Crippen LogP contribution in [0, 0.1) is 0 Å². The Morgan fingerprint density at radius 3 is 2.15 bits per heavy atom. The van der Waals surface area contributed by atoms with Crippen molar-refractivity contribution in [3.8, 4) is 0 Å². The quantitative estimate of drug-likeness (QED) is 0.658. The zero-order chi connectivity index (χ0) is 10.5. The molecule has 0 heterocycles. The number of hydrogen-bond acceptors (Lipinski definition) is 3. The van der Waals surface area contributed by atoms with E-state index in [2.05, 4.69) is 29.2 Å². The summed E-state index contributed by atoms with van der Waals surface area (Å²) in [5.74, 6) is 0. The second-order valence-corrected chi connectivity index (χ2v) is 2.48. The van der Waals surface area contributed by atoms with Gasteiger partial charge in [-0.15, -0.1) is 0 Å². The monoisotopic (exact) mass is 190 g/mol. The first-order chi connectivity index (χ1) is 6.22. The van der Waals surface area contributed by atoms with Gasteiger partial charge >= 0.3 is 6.09 Å². The molecule has 0 unspecified atom stereocenters. The molecule has 0 aromatic heterocycles. The Balaban J connectivity index is 0. The van der Waals surface area contributed by atoms with Gasteiger partial charge in [0.1, 0.15) is 0 Å². The van der Waals surface area contributed by atoms with Gasteiger partial charge in [0, 0.05) is 13.1 Å². The molecule has 0 atom stereocenters. The van der Waals surface area contributed by atoms with Crippen LogP contribution >= 0.6 is 0 Å². The highest BCUT2D eigenvalue weighted by molar-refractivity contribution is 5.66. The zero-order valence-electron chi connectivity index (χ0n) is 9.14. The van der Waals surface area contributed by atoms with Gasteiger partial charge in [0.15, 0.2) is 0 Å². The molecule has 80 valence electrons. The predicted octanol–water partition coefficient (Wildman–Crippen LogP) is 1.37. The molecule has 4 nitrogen and oxygen atoms in total. The van der Waals surface area contributed by atoms with Gasteiger partial charge in [-0.25, -0.2) is 4.79 Å². The third-order valence-electron chi connectivity index (χ3n) is 1.01. The number of amides is 1. The van der Waals surface area contributed by atoms with Crippen molar-refractivity contribution in [2.24, 2.45) is 0 Å². The fourth-order valence-corrected chi connectivity index (χ4v) is 0.502. The van der Waals surface area contributed by atoms with Crippen LogP contribution in [0.15, 0.2) is 0 Å². The van der Waals surface area contributed by atoms with Crippen LogP contribution in [-0.2, 0) is 4.74 Å². The maximum Gasteiger partial charge on any atom is 0.406 e. The normalized spacial score (nSPS) is 8.31. The largest absolute Gasteiger partial charge is 0.453 e. The van der Waals surface area contributed by atoms with Crippen LogP contribution in [0.25, 0.3) is 0 Å². The summed E-state index contributed by atoms with van der Waals surface area (Å²) in [5, 5.41) is 5.60. The lowest BCUT2D eigenvalue weighted by atomic mass is 10.6. The Bertz CT molecular complexity index is 108. The van der Waals surface area contributed by atoms with Crippen molar-refractivity contribution >= 4 is 6.09 Å². The van der Waals surface area contributed by atoms with E-state index in [1.807, 2.05) is 6.92 Å². The zero-order valence-corrected chi connectivity index (χ0v) is 9.14. The van der Waals surface area contributed by atoms with Crippen LogP contribution in [0.1, 0.15) is 27.2 Å². The predicted molar refractivity (Wildman–Crippen MR) is 54.9 cm³/mol. The van der Waals surface area contributed by atoms with Gasteiger partial charge in [-0.3, -0.25) is 0 Å². The molecule has 13 heavy (non-hydrogen) atoms. The molecule has 1 amide bonds. The Morgan fingerprint density at radius 2 is 1.77 bits per heavy atom. The van der Waals surface area contributed by atoms with Crippen LogP contribution in [0.3, 0.4) is 0 Å².